The van der Waals surface area contributed by atoms with Gasteiger partial charge in [-0.2, -0.15) is 0 Å². The lowest BCUT2D eigenvalue weighted by atomic mass is 10.1. The second-order valence-corrected chi connectivity index (χ2v) is 9.04. The predicted molar refractivity (Wildman–Crippen MR) is 140 cm³/mol. The summed E-state index contributed by atoms with van der Waals surface area (Å²) in [4.78, 5) is 40.6. The second kappa shape index (κ2) is 8.43. The molecule has 2 heterocycles. The summed E-state index contributed by atoms with van der Waals surface area (Å²) in [6.45, 7) is 5.63. The molecular formula is C28H26N4O3. The molecule has 7 nitrogen and oxygen atoms in total. The van der Waals surface area contributed by atoms with Gasteiger partial charge in [-0.05, 0) is 57.2 Å². The summed E-state index contributed by atoms with van der Waals surface area (Å²) in [5.74, 6) is -0.351. The van der Waals surface area contributed by atoms with Gasteiger partial charge in [-0.15, -0.1) is 0 Å². The van der Waals surface area contributed by atoms with Crippen molar-refractivity contribution in [3.8, 4) is 5.69 Å². The van der Waals surface area contributed by atoms with E-state index < -0.39 is 11.2 Å². The average Bonchev–Trinajstić information content (AvgIpc) is 3.11. The molecular weight excluding hydrogens is 440 g/mol. The molecule has 0 saturated heterocycles. The average molecular weight is 467 g/mol. The maximum absolute atomic E-state index is 13.8. The first-order valence-electron chi connectivity index (χ1n) is 11.4. The number of fused-ring (bicyclic) bond motifs is 3. The van der Waals surface area contributed by atoms with E-state index in [9.17, 15) is 14.4 Å². The number of benzene rings is 3. The lowest BCUT2D eigenvalue weighted by Crippen LogP contribution is -2.41. The monoisotopic (exact) mass is 466 g/mol. The first-order chi connectivity index (χ1) is 16.7. The van der Waals surface area contributed by atoms with E-state index >= 15 is 0 Å². The van der Waals surface area contributed by atoms with Gasteiger partial charge in [0.1, 0.15) is 12.1 Å². The van der Waals surface area contributed by atoms with E-state index in [-0.39, 0.29) is 12.5 Å². The second-order valence-electron chi connectivity index (χ2n) is 9.04. The van der Waals surface area contributed by atoms with Crippen molar-refractivity contribution in [2.45, 2.75) is 27.3 Å². The van der Waals surface area contributed by atoms with E-state index in [0.29, 0.717) is 22.4 Å². The molecule has 5 aromatic rings. The molecule has 0 radical (unpaired) electrons. The molecule has 0 bridgehead atoms. The minimum Gasteiger partial charge on any atom is -0.338 e. The highest BCUT2D eigenvalue weighted by Gasteiger charge is 2.22. The topological polar surface area (TPSA) is 78.0 Å². The first kappa shape index (κ1) is 22.4. The van der Waals surface area contributed by atoms with Crippen LogP contribution in [0.25, 0.3) is 27.6 Å². The summed E-state index contributed by atoms with van der Waals surface area (Å²) in [6, 6.07) is 20.5. The third-order valence-corrected chi connectivity index (χ3v) is 6.36. The Labute approximate surface area is 201 Å². The van der Waals surface area contributed by atoms with Crippen LogP contribution in [0.3, 0.4) is 0 Å². The molecule has 0 aliphatic heterocycles. The number of hydrogen-bond donors (Lipinski definition) is 1. The summed E-state index contributed by atoms with van der Waals surface area (Å²) >= 11 is 0. The molecule has 2 aromatic heterocycles. The van der Waals surface area contributed by atoms with Crippen molar-refractivity contribution in [3.63, 3.8) is 0 Å². The highest BCUT2D eigenvalue weighted by molar-refractivity contribution is 6.06. The SMILES string of the molecule is Cc1ccc(NC(=O)Cn2c(=O)n(-c3ccc(C)cc3)c(=O)c3c2c2cc(C)ccc2n3C)cc1. The summed E-state index contributed by atoms with van der Waals surface area (Å²) < 4.78 is 4.35. The van der Waals surface area contributed by atoms with Crippen molar-refractivity contribution in [1.82, 2.24) is 13.7 Å². The van der Waals surface area contributed by atoms with Crippen molar-refractivity contribution >= 4 is 33.5 Å². The van der Waals surface area contributed by atoms with E-state index in [0.717, 1.165) is 32.2 Å². The van der Waals surface area contributed by atoms with Crippen LogP contribution < -0.4 is 16.6 Å². The number of carbonyl (C=O) groups is 1. The van der Waals surface area contributed by atoms with Crippen LogP contribution in [0, 0.1) is 20.8 Å². The first-order valence-corrected chi connectivity index (χ1v) is 11.4. The van der Waals surface area contributed by atoms with Crippen LogP contribution in [0.2, 0.25) is 0 Å². The Bertz CT molecular complexity index is 1720. The minimum absolute atomic E-state index is 0.234. The third-order valence-electron chi connectivity index (χ3n) is 6.36. The van der Waals surface area contributed by atoms with Gasteiger partial charge in [-0.3, -0.25) is 14.2 Å². The van der Waals surface area contributed by atoms with E-state index in [4.69, 9.17) is 0 Å². The van der Waals surface area contributed by atoms with Crippen LogP contribution in [-0.2, 0) is 18.4 Å². The van der Waals surface area contributed by atoms with Crippen LogP contribution in [0.4, 0.5) is 5.69 Å². The van der Waals surface area contributed by atoms with Crippen LogP contribution in [0.5, 0.6) is 0 Å². The number of anilines is 1. The summed E-state index contributed by atoms with van der Waals surface area (Å²) in [5.41, 5.74) is 4.87. The lowest BCUT2D eigenvalue weighted by molar-refractivity contribution is -0.116. The Balaban J connectivity index is 1.77. The van der Waals surface area contributed by atoms with Gasteiger partial charge in [0.05, 0.1) is 16.7 Å². The van der Waals surface area contributed by atoms with Gasteiger partial charge in [0.2, 0.25) is 5.91 Å². The Hall–Kier alpha value is -4.39. The number of aryl methyl sites for hydroxylation is 4. The number of nitrogens with zero attached hydrogens (tertiary/aromatic N) is 3. The molecule has 35 heavy (non-hydrogen) atoms. The van der Waals surface area contributed by atoms with Gasteiger partial charge in [0.25, 0.3) is 5.56 Å². The van der Waals surface area contributed by atoms with Gasteiger partial charge in [-0.25, -0.2) is 9.36 Å². The molecule has 0 aliphatic rings. The van der Waals surface area contributed by atoms with E-state index in [1.54, 1.807) is 16.7 Å². The van der Waals surface area contributed by atoms with E-state index in [1.807, 2.05) is 82.4 Å². The zero-order valence-corrected chi connectivity index (χ0v) is 20.1. The quantitative estimate of drug-likeness (QED) is 0.431. The molecule has 0 saturated carbocycles. The highest BCUT2D eigenvalue weighted by atomic mass is 16.2. The third kappa shape index (κ3) is 3.85. The van der Waals surface area contributed by atoms with Crippen molar-refractivity contribution in [1.29, 1.82) is 0 Å². The largest absolute Gasteiger partial charge is 0.338 e. The Kier molecular flexibility index (Phi) is 5.40. The molecule has 176 valence electrons. The molecule has 1 N–H and O–H groups in total. The van der Waals surface area contributed by atoms with Gasteiger partial charge in [0.15, 0.2) is 0 Å². The fourth-order valence-electron chi connectivity index (χ4n) is 4.52. The standard InChI is InChI=1S/C28H26N4O3/c1-17-5-10-20(11-6-17)29-24(33)16-31-25-22-15-19(3)9-14-23(22)30(4)26(25)27(34)32(28(31)35)21-12-7-18(2)8-13-21/h5-15H,16H2,1-4H3,(H,29,33). The number of hydrogen-bond acceptors (Lipinski definition) is 3. The Morgan fingerprint density at radius 2 is 1.40 bits per heavy atom. The summed E-state index contributed by atoms with van der Waals surface area (Å²) in [7, 11) is 1.81. The van der Waals surface area contributed by atoms with Crippen molar-refractivity contribution in [3.05, 3.63) is 104 Å². The van der Waals surface area contributed by atoms with Gasteiger partial charge in [-0.1, -0.05) is 47.0 Å². The zero-order valence-electron chi connectivity index (χ0n) is 20.1. The molecule has 0 atom stereocenters. The van der Waals surface area contributed by atoms with Crippen LogP contribution in [-0.4, -0.2) is 19.6 Å². The van der Waals surface area contributed by atoms with Crippen LogP contribution in [0.15, 0.2) is 76.3 Å². The summed E-state index contributed by atoms with van der Waals surface area (Å²) in [6.07, 6.45) is 0. The van der Waals surface area contributed by atoms with Crippen molar-refractivity contribution < 1.29 is 4.79 Å². The number of aromatic nitrogens is 3. The zero-order chi connectivity index (χ0) is 24.9. The molecule has 5 rings (SSSR count). The van der Waals surface area contributed by atoms with Gasteiger partial charge >= 0.3 is 5.69 Å². The highest BCUT2D eigenvalue weighted by Crippen LogP contribution is 2.27. The Morgan fingerprint density at radius 1 is 0.800 bits per heavy atom. The molecule has 3 aromatic carbocycles. The molecule has 0 fully saturated rings. The fourth-order valence-corrected chi connectivity index (χ4v) is 4.52. The van der Waals surface area contributed by atoms with Gasteiger partial charge in [0, 0.05) is 18.1 Å². The molecule has 0 aliphatic carbocycles. The number of nitrogens with one attached hydrogen (secondary N) is 1. The molecule has 0 unspecified atom stereocenters. The fraction of sp³-hybridized carbons (Fsp3) is 0.179. The number of carbonyl (C=O) groups excluding carboxylic acids is 1. The van der Waals surface area contributed by atoms with E-state index in [1.165, 1.54) is 4.57 Å². The molecule has 7 heteroatoms. The summed E-state index contributed by atoms with van der Waals surface area (Å²) in [5, 5.41) is 3.62. The smallest absolute Gasteiger partial charge is 0.336 e. The molecule has 1 amide bonds. The minimum atomic E-state index is -0.556. The maximum Gasteiger partial charge on any atom is 0.336 e. The predicted octanol–water partition coefficient (Wildman–Crippen LogP) is 4.21. The van der Waals surface area contributed by atoms with E-state index in [2.05, 4.69) is 5.32 Å². The van der Waals surface area contributed by atoms with Crippen LogP contribution >= 0.6 is 0 Å². The maximum atomic E-state index is 13.8. The van der Waals surface area contributed by atoms with Gasteiger partial charge < -0.3 is 9.88 Å². The van der Waals surface area contributed by atoms with Crippen molar-refractivity contribution in [2.24, 2.45) is 7.05 Å². The Morgan fingerprint density at radius 3 is 2.06 bits per heavy atom. The van der Waals surface area contributed by atoms with Crippen molar-refractivity contribution in [2.75, 3.05) is 5.32 Å². The lowest BCUT2D eigenvalue weighted by Gasteiger charge is -2.14. The van der Waals surface area contributed by atoms with Crippen LogP contribution in [0.1, 0.15) is 16.7 Å². The normalized spacial score (nSPS) is 11.3. The number of rotatable bonds is 4. The molecule has 0 spiro atoms. The number of amides is 1.